The minimum atomic E-state index is -4.77. The second-order valence-corrected chi connectivity index (χ2v) is 4.33. The number of nitrogens with one attached hydrogen (secondary N) is 1. The molecule has 0 radical (unpaired) electrons. The molecule has 0 saturated carbocycles. The van der Waals surface area contributed by atoms with E-state index in [-0.39, 0.29) is 11.4 Å². The first-order chi connectivity index (χ1) is 9.89. The lowest BCUT2D eigenvalue weighted by molar-refractivity contribution is -0.274. The normalized spacial score (nSPS) is 10.8. The quantitative estimate of drug-likeness (QED) is 0.905. The van der Waals surface area contributed by atoms with Gasteiger partial charge in [0.2, 0.25) is 0 Å². The fourth-order valence-corrected chi connectivity index (χ4v) is 1.79. The molecule has 1 N–H and O–H groups in total. The molecule has 6 heteroatoms. The summed E-state index contributed by atoms with van der Waals surface area (Å²) in [6.07, 6.45) is -4.77. The summed E-state index contributed by atoms with van der Waals surface area (Å²) in [4.78, 5) is 0. The molecule has 2 aromatic rings. The van der Waals surface area contributed by atoms with Crippen molar-refractivity contribution in [3.05, 3.63) is 53.6 Å². The van der Waals surface area contributed by atoms with Crippen molar-refractivity contribution in [3.8, 4) is 11.8 Å². The molecule has 2 aromatic carbocycles. The smallest absolute Gasteiger partial charge is 0.404 e. The van der Waals surface area contributed by atoms with Crippen LogP contribution in [0.15, 0.2) is 42.5 Å². The van der Waals surface area contributed by atoms with Crippen molar-refractivity contribution in [2.45, 2.75) is 13.3 Å². The lowest BCUT2D eigenvalue weighted by atomic mass is 10.1. The van der Waals surface area contributed by atoms with E-state index in [1.54, 1.807) is 24.3 Å². The van der Waals surface area contributed by atoms with E-state index in [1.807, 2.05) is 13.0 Å². The summed E-state index contributed by atoms with van der Waals surface area (Å²) in [7, 11) is 0. The zero-order valence-corrected chi connectivity index (χ0v) is 11.0. The molecule has 0 atom stereocenters. The molecule has 0 fully saturated rings. The summed E-state index contributed by atoms with van der Waals surface area (Å²) >= 11 is 0. The first-order valence-electron chi connectivity index (χ1n) is 6.01. The van der Waals surface area contributed by atoms with Crippen LogP contribution in [0, 0.1) is 18.3 Å². The standard InChI is InChI=1S/C15H11F3N2O/c1-10-6-7-12(11(8-10)9-19)20-13-4-2-3-5-14(13)21-15(16,17)18/h2-8,20H,1H3. The van der Waals surface area contributed by atoms with E-state index in [1.165, 1.54) is 18.2 Å². The molecule has 0 aliphatic rings. The highest BCUT2D eigenvalue weighted by atomic mass is 19.4. The topological polar surface area (TPSA) is 45.0 Å². The molecule has 21 heavy (non-hydrogen) atoms. The van der Waals surface area contributed by atoms with Gasteiger partial charge in [0, 0.05) is 0 Å². The van der Waals surface area contributed by atoms with Crippen LogP contribution in [0.3, 0.4) is 0 Å². The molecule has 2 rings (SSSR count). The maximum atomic E-state index is 12.4. The summed E-state index contributed by atoms with van der Waals surface area (Å²) in [5.41, 5.74) is 1.78. The Hall–Kier alpha value is -2.68. The van der Waals surface area contributed by atoms with Gasteiger partial charge in [-0.2, -0.15) is 5.26 Å². The van der Waals surface area contributed by atoms with E-state index in [0.717, 1.165) is 5.56 Å². The second-order valence-electron chi connectivity index (χ2n) is 4.33. The van der Waals surface area contributed by atoms with Gasteiger partial charge in [-0.1, -0.05) is 18.2 Å². The zero-order chi connectivity index (χ0) is 15.5. The van der Waals surface area contributed by atoms with Crippen molar-refractivity contribution in [1.29, 1.82) is 5.26 Å². The van der Waals surface area contributed by atoms with Gasteiger partial charge in [-0.05, 0) is 36.8 Å². The molecule has 0 heterocycles. The van der Waals surface area contributed by atoms with Crippen LogP contribution in [0.2, 0.25) is 0 Å². The highest BCUT2D eigenvalue weighted by Gasteiger charge is 2.32. The summed E-state index contributed by atoms with van der Waals surface area (Å²) in [5, 5.41) is 11.9. The molecular weight excluding hydrogens is 281 g/mol. The van der Waals surface area contributed by atoms with E-state index in [4.69, 9.17) is 5.26 Å². The van der Waals surface area contributed by atoms with Crippen LogP contribution in [0.1, 0.15) is 11.1 Å². The van der Waals surface area contributed by atoms with Crippen LogP contribution in [0.5, 0.6) is 5.75 Å². The Morgan fingerprint density at radius 1 is 1.10 bits per heavy atom. The first kappa shape index (κ1) is 14.7. The SMILES string of the molecule is Cc1ccc(Nc2ccccc2OC(F)(F)F)c(C#N)c1. The molecule has 108 valence electrons. The van der Waals surface area contributed by atoms with E-state index >= 15 is 0 Å². The highest BCUT2D eigenvalue weighted by molar-refractivity contribution is 5.71. The number of hydrogen-bond donors (Lipinski definition) is 1. The number of nitrogens with zero attached hydrogens (tertiary/aromatic N) is 1. The molecule has 0 saturated heterocycles. The molecule has 0 aromatic heterocycles. The van der Waals surface area contributed by atoms with Crippen LogP contribution < -0.4 is 10.1 Å². The number of hydrogen-bond acceptors (Lipinski definition) is 3. The number of benzene rings is 2. The number of rotatable bonds is 3. The average Bonchev–Trinajstić information content (AvgIpc) is 2.41. The highest BCUT2D eigenvalue weighted by Crippen LogP contribution is 2.32. The van der Waals surface area contributed by atoms with Crippen LogP contribution in [-0.2, 0) is 0 Å². The number of nitriles is 1. The van der Waals surface area contributed by atoms with Crippen LogP contribution in [0.25, 0.3) is 0 Å². The molecule has 0 aliphatic carbocycles. The van der Waals surface area contributed by atoms with Crippen molar-refractivity contribution >= 4 is 11.4 Å². The van der Waals surface area contributed by atoms with Crippen molar-refractivity contribution < 1.29 is 17.9 Å². The Balaban J connectivity index is 2.35. The molecule has 0 aliphatic heterocycles. The average molecular weight is 292 g/mol. The molecule has 0 unspecified atom stereocenters. The summed E-state index contributed by atoms with van der Waals surface area (Å²) < 4.78 is 41.0. The Morgan fingerprint density at radius 3 is 2.48 bits per heavy atom. The number of ether oxygens (including phenoxy) is 1. The minimum Gasteiger partial charge on any atom is -0.404 e. The van der Waals surface area contributed by atoms with Gasteiger partial charge in [0.25, 0.3) is 0 Å². The van der Waals surface area contributed by atoms with Crippen LogP contribution >= 0.6 is 0 Å². The molecule has 0 spiro atoms. The van der Waals surface area contributed by atoms with Gasteiger partial charge in [0.15, 0.2) is 5.75 Å². The third-order valence-corrected chi connectivity index (χ3v) is 2.68. The van der Waals surface area contributed by atoms with Gasteiger partial charge in [-0.15, -0.1) is 13.2 Å². The second kappa shape index (κ2) is 5.75. The van der Waals surface area contributed by atoms with E-state index < -0.39 is 6.36 Å². The number of alkyl halides is 3. The third-order valence-electron chi connectivity index (χ3n) is 2.68. The summed E-state index contributed by atoms with van der Waals surface area (Å²) in [5.74, 6) is -0.352. The Bertz CT molecular complexity index is 690. The fraction of sp³-hybridized carbons (Fsp3) is 0.133. The first-order valence-corrected chi connectivity index (χ1v) is 6.01. The summed E-state index contributed by atoms with van der Waals surface area (Å²) in [6.45, 7) is 1.82. The summed E-state index contributed by atoms with van der Waals surface area (Å²) in [6, 6.07) is 12.7. The Morgan fingerprint density at radius 2 is 1.81 bits per heavy atom. The van der Waals surface area contributed by atoms with Crippen molar-refractivity contribution in [1.82, 2.24) is 0 Å². The molecule has 3 nitrogen and oxygen atoms in total. The van der Waals surface area contributed by atoms with E-state index in [9.17, 15) is 13.2 Å². The van der Waals surface area contributed by atoms with E-state index in [0.29, 0.717) is 11.3 Å². The number of aryl methyl sites for hydroxylation is 1. The Kier molecular flexibility index (Phi) is 4.03. The third kappa shape index (κ3) is 3.89. The van der Waals surface area contributed by atoms with Gasteiger partial charge < -0.3 is 10.1 Å². The van der Waals surface area contributed by atoms with E-state index in [2.05, 4.69) is 10.1 Å². The number of para-hydroxylation sites is 2. The largest absolute Gasteiger partial charge is 0.573 e. The lowest BCUT2D eigenvalue weighted by Crippen LogP contribution is -2.17. The van der Waals surface area contributed by atoms with Gasteiger partial charge in [0.05, 0.1) is 16.9 Å². The van der Waals surface area contributed by atoms with Crippen LogP contribution in [-0.4, -0.2) is 6.36 Å². The predicted octanol–water partition coefficient (Wildman–Crippen LogP) is 4.51. The minimum absolute atomic E-state index is 0.134. The monoisotopic (exact) mass is 292 g/mol. The van der Waals surface area contributed by atoms with Crippen molar-refractivity contribution in [2.75, 3.05) is 5.32 Å². The molecule has 0 bridgehead atoms. The van der Waals surface area contributed by atoms with Gasteiger partial charge in [-0.3, -0.25) is 0 Å². The predicted molar refractivity (Wildman–Crippen MR) is 72.3 cm³/mol. The van der Waals surface area contributed by atoms with Crippen molar-refractivity contribution in [3.63, 3.8) is 0 Å². The maximum absolute atomic E-state index is 12.4. The van der Waals surface area contributed by atoms with Gasteiger partial charge >= 0.3 is 6.36 Å². The lowest BCUT2D eigenvalue weighted by Gasteiger charge is -2.15. The van der Waals surface area contributed by atoms with Crippen LogP contribution in [0.4, 0.5) is 24.5 Å². The van der Waals surface area contributed by atoms with Crippen molar-refractivity contribution in [2.24, 2.45) is 0 Å². The van der Waals surface area contributed by atoms with Gasteiger partial charge in [-0.25, -0.2) is 0 Å². The number of halogens is 3. The molecule has 0 amide bonds. The fourth-order valence-electron chi connectivity index (χ4n) is 1.79. The number of anilines is 2. The maximum Gasteiger partial charge on any atom is 0.573 e. The molecular formula is C15H11F3N2O. The Labute approximate surface area is 119 Å². The van der Waals surface area contributed by atoms with Gasteiger partial charge in [0.1, 0.15) is 6.07 Å². The zero-order valence-electron chi connectivity index (χ0n) is 11.0.